The van der Waals surface area contributed by atoms with Gasteiger partial charge in [0.05, 0.1) is 17.1 Å². The van der Waals surface area contributed by atoms with Crippen molar-refractivity contribution in [1.29, 1.82) is 0 Å². The minimum Gasteiger partial charge on any atom is -0.357 e. The average molecular weight is 328 g/mol. The van der Waals surface area contributed by atoms with Gasteiger partial charge in [0, 0.05) is 25.8 Å². The van der Waals surface area contributed by atoms with Crippen molar-refractivity contribution in [2.75, 3.05) is 23.3 Å². The number of hydrogen-bond donors (Lipinski definition) is 3. The number of aryl methyl sites for hydroxylation is 2. The van der Waals surface area contributed by atoms with Gasteiger partial charge >= 0.3 is 6.03 Å². The topological polar surface area (TPSA) is 85.9 Å². The van der Waals surface area contributed by atoms with Crippen molar-refractivity contribution in [3.8, 4) is 0 Å². The highest BCUT2D eigenvalue weighted by Gasteiger charge is 2.12. The molecule has 0 spiro atoms. The molecule has 3 N–H and O–H groups in total. The van der Waals surface area contributed by atoms with E-state index in [0.29, 0.717) is 6.54 Å². The highest BCUT2D eigenvalue weighted by Crippen LogP contribution is 2.18. The Labute approximate surface area is 141 Å². The summed E-state index contributed by atoms with van der Waals surface area (Å²) in [6.45, 7) is 6.32. The quantitative estimate of drug-likeness (QED) is 0.805. The molecule has 0 bridgehead atoms. The molecule has 1 saturated heterocycles. The molecular weight excluding hydrogens is 304 g/mol. The fourth-order valence-electron chi connectivity index (χ4n) is 2.91. The number of urea groups is 1. The Bertz CT molecular complexity index is 668. The van der Waals surface area contributed by atoms with Crippen LogP contribution in [-0.2, 0) is 6.54 Å². The van der Waals surface area contributed by atoms with Crippen LogP contribution in [0.5, 0.6) is 0 Å². The van der Waals surface area contributed by atoms with E-state index in [4.69, 9.17) is 0 Å². The lowest BCUT2D eigenvalue weighted by Gasteiger charge is -2.27. The van der Waals surface area contributed by atoms with E-state index >= 15 is 0 Å². The molecule has 3 heterocycles. The van der Waals surface area contributed by atoms with Crippen LogP contribution < -0.4 is 15.5 Å². The number of aromatic nitrogens is 3. The maximum absolute atomic E-state index is 12.0. The predicted octanol–water partition coefficient (Wildman–Crippen LogP) is 2.73. The van der Waals surface area contributed by atoms with Gasteiger partial charge in [-0.25, -0.2) is 9.78 Å². The molecule has 128 valence electrons. The molecule has 0 saturated carbocycles. The van der Waals surface area contributed by atoms with Gasteiger partial charge in [0.25, 0.3) is 0 Å². The van der Waals surface area contributed by atoms with Crippen LogP contribution in [0.25, 0.3) is 0 Å². The summed E-state index contributed by atoms with van der Waals surface area (Å²) in [5.41, 5.74) is 3.32. The van der Waals surface area contributed by atoms with E-state index in [9.17, 15) is 4.79 Å². The SMILES string of the molecule is Cc1n[nH]c(C)c1NC(=O)NCc1ccc(N2CCCCC2)nc1. The molecule has 0 radical (unpaired) electrons. The van der Waals surface area contributed by atoms with Gasteiger partial charge in [-0.05, 0) is 44.7 Å². The van der Waals surface area contributed by atoms with Crippen LogP contribution in [0.15, 0.2) is 18.3 Å². The summed E-state index contributed by atoms with van der Waals surface area (Å²) >= 11 is 0. The number of hydrogen-bond acceptors (Lipinski definition) is 4. The largest absolute Gasteiger partial charge is 0.357 e. The lowest BCUT2D eigenvalue weighted by molar-refractivity contribution is 0.251. The minimum absolute atomic E-state index is 0.247. The van der Waals surface area contributed by atoms with Crippen LogP contribution in [0.1, 0.15) is 36.2 Å². The van der Waals surface area contributed by atoms with E-state index in [1.807, 2.05) is 32.2 Å². The summed E-state index contributed by atoms with van der Waals surface area (Å²) < 4.78 is 0. The van der Waals surface area contributed by atoms with E-state index in [-0.39, 0.29) is 6.03 Å². The molecule has 7 nitrogen and oxygen atoms in total. The number of amides is 2. The van der Waals surface area contributed by atoms with E-state index in [1.54, 1.807) is 0 Å². The van der Waals surface area contributed by atoms with Crippen molar-refractivity contribution >= 4 is 17.5 Å². The van der Waals surface area contributed by atoms with Crippen LogP contribution in [0.3, 0.4) is 0 Å². The second kappa shape index (κ2) is 7.33. The minimum atomic E-state index is -0.247. The smallest absolute Gasteiger partial charge is 0.319 e. The van der Waals surface area contributed by atoms with Gasteiger partial charge in [0.1, 0.15) is 5.82 Å². The van der Waals surface area contributed by atoms with Gasteiger partial charge in [-0.2, -0.15) is 5.10 Å². The first-order valence-electron chi connectivity index (χ1n) is 8.40. The molecule has 0 aromatic carbocycles. The van der Waals surface area contributed by atoms with Crippen LogP contribution in [0.2, 0.25) is 0 Å². The zero-order valence-electron chi connectivity index (χ0n) is 14.2. The number of piperidine rings is 1. The van der Waals surface area contributed by atoms with Crippen LogP contribution >= 0.6 is 0 Å². The monoisotopic (exact) mass is 328 g/mol. The lowest BCUT2D eigenvalue weighted by Crippen LogP contribution is -2.30. The van der Waals surface area contributed by atoms with Crippen molar-refractivity contribution in [3.63, 3.8) is 0 Å². The van der Waals surface area contributed by atoms with Crippen molar-refractivity contribution in [1.82, 2.24) is 20.5 Å². The molecule has 0 unspecified atom stereocenters. The Morgan fingerprint density at radius 1 is 1.25 bits per heavy atom. The highest BCUT2D eigenvalue weighted by molar-refractivity contribution is 5.90. The number of aromatic amines is 1. The first kappa shape index (κ1) is 16.3. The number of nitrogens with zero attached hydrogens (tertiary/aromatic N) is 3. The summed E-state index contributed by atoms with van der Waals surface area (Å²) in [6, 6.07) is 3.80. The lowest BCUT2D eigenvalue weighted by atomic mass is 10.1. The maximum atomic E-state index is 12.0. The van der Waals surface area contributed by atoms with Crippen LogP contribution in [0.4, 0.5) is 16.3 Å². The van der Waals surface area contributed by atoms with Crippen LogP contribution in [-0.4, -0.2) is 34.3 Å². The Hall–Kier alpha value is -2.57. The number of nitrogens with one attached hydrogen (secondary N) is 3. The summed E-state index contributed by atoms with van der Waals surface area (Å²) in [5, 5.41) is 12.6. The van der Waals surface area contributed by atoms with E-state index in [1.165, 1.54) is 19.3 Å². The van der Waals surface area contributed by atoms with Gasteiger partial charge in [0.2, 0.25) is 0 Å². The second-order valence-electron chi connectivity index (χ2n) is 6.19. The summed E-state index contributed by atoms with van der Waals surface area (Å²) in [5.74, 6) is 1.02. The molecule has 2 aromatic rings. The molecule has 1 aliphatic heterocycles. The third kappa shape index (κ3) is 3.84. The zero-order chi connectivity index (χ0) is 16.9. The van der Waals surface area contributed by atoms with Crippen molar-refractivity contribution in [2.24, 2.45) is 0 Å². The van der Waals surface area contributed by atoms with Gasteiger partial charge in [-0.1, -0.05) is 6.07 Å². The van der Waals surface area contributed by atoms with Crippen LogP contribution in [0, 0.1) is 13.8 Å². The summed E-state index contributed by atoms with van der Waals surface area (Å²) in [4.78, 5) is 18.9. The number of pyridine rings is 1. The van der Waals surface area contributed by atoms with Crippen molar-refractivity contribution < 1.29 is 4.79 Å². The summed E-state index contributed by atoms with van der Waals surface area (Å²) in [6.07, 6.45) is 5.61. The number of H-pyrrole nitrogens is 1. The Balaban J connectivity index is 1.52. The summed E-state index contributed by atoms with van der Waals surface area (Å²) in [7, 11) is 0. The first-order chi connectivity index (χ1) is 11.6. The first-order valence-corrected chi connectivity index (χ1v) is 8.40. The third-order valence-electron chi connectivity index (χ3n) is 4.31. The fraction of sp³-hybridized carbons (Fsp3) is 0.471. The number of anilines is 2. The number of rotatable bonds is 4. The molecule has 0 aliphatic carbocycles. The van der Waals surface area contributed by atoms with Gasteiger partial charge < -0.3 is 15.5 Å². The molecule has 1 fully saturated rings. The van der Waals surface area contributed by atoms with Gasteiger partial charge in [-0.15, -0.1) is 0 Å². The highest BCUT2D eigenvalue weighted by atomic mass is 16.2. The molecule has 3 rings (SSSR count). The third-order valence-corrected chi connectivity index (χ3v) is 4.31. The molecule has 2 amide bonds. The Morgan fingerprint density at radius 3 is 2.67 bits per heavy atom. The second-order valence-corrected chi connectivity index (χ2v) is 6.19. The molecule has 2 aromatic heterocycles. The number of carbonyl (C=O) groups excluding carboxylic acids is 1. The van der Waals surface area contributed by atoms with E-state index in [0.717, 1.165) is 41.5 Å². The Kier molecular flexibility index (Phi) is 4.98. The molecule has 0 atom stereocenters. The van der Waals surface area contributed by atoms with Gasteiger partial charge in [0.15, 0.2) is 0 Å². The molecule has 7 heteroatoms. The maximum Gasteiger partial charge on any atom is 0.319 e. The zero-order valence-corrected chi connectivity index (χ0v) is 14.2. The van der Waals surface area contributed by atoms with Crippen molar-refractivity contribution in [3.05, 3.63) is 35.3 Å². The number of carbonyl (C=O) groups is 1. The Morgan fingerprint density at radius 2 is 2.04 bits per heavy atom. The molecule has 1 aliphatic rings. The van der Waals surface area contributed by atoms with Gasteiger partial charge in [-0.3, -0.25) is 5.10 Å². The normalized spacial score (nSPS) is 14.5. The molecular formula is C17H24N6O. The van der Waals surface area contributed by atoms with E-state index < -0.39 is 0 Å². The standard InChI is InChI=1S/C17H24N6O/c1-12-16(13(2)22-21-12)20-17(24)19-11-14-6-7-15(18-10-14)23-8-4-3-5-9-23/h6-7,10H,3-5,8-9,11H2,1-2H3,(H,21,22)(H2,19,20,24). The fourth-order valence-corrected chi connectivity index (χ4v) is 2.91. The van der Waals surface area contributed by atoms with E-state index in [2.05, 4.69) is 30.7 Å². The average Bonchev–Trinajstić information content (AvgIpc) is 2.93. The predicted molar refractivity (Wildman–Crippen MR) is 94.2 cm³/mol. The molecule has 24 heavy (non-hydrogen) atoms. The van der Waals surface area contributed by atoms with Crippen molar-refractivity contribution in [2.45, 2.75) is 39.7 Å².